The van der Waals surface area contributed by atoms with Crippen LogP contribution in [0.4, 0.5) is 15.8 Å². The van der Waals surface area contributed by atoms with E-state index in [0.29, 0.717) is 13.2 Å². The highest BCUT2D eigenvalue weighted by atomic mass is 19.1. The normalized spacial score (nSPS) is 23.6. The average molecular weight is 591 g/mol. The zero-order valence-corrected chi connectivity index (χ0v) is 24.9. The van der Waals surface area contributed by atoms with Crippen molar-refractivity contribution in [1.82, 2.24) is 5.32 Å². The van der Waals surface area contributed by atoms with Gasteiger partial charge in [-0.15, -0.1) is 0 Å². The first kappa shape index (κ1) is 29.7. The topological polar surface area (TPSA) is 81.5 Å². The van der Waals surface area contributed by atoms with E-state index in [1.165, 1.54) is 6.07 Å². The van der Waals surface area contributed by atoms with Crippen molar-refractivity contribution >= 4 is 11.4 Å². The van der Waals surface area contributed by atoms with Gasteiger partial charge in [0.15, 0.2) is 0 Å². The van der Waals surface area contributed by atoms with E-state index < -0.39 is 0 Å². The van der Waals surface area contributed by atoms with Crippen LogP contribution < -0.4 is 30.3 Å². The van der Waals surface area contributed by atoms with Crippen molar-refractivity contribution in [3.05, 3.63) is 83.7 Å². The quantitative estimate of drug-likeness (QED) is 0.320. The van der Waals surface area contributed by atoms with Crippen LogP contribution in [-0.2, 0) is 16.1 Å². The molecular formula is C34H43FN4O4. The van der Waals surface area contributed by atoms with E-state index in [9.17, 15) is 4.39 Å². The summed E-state index contributed by atoms with van der Waals surface area (Å²) in [6.45, 7) is 6.81. The third kappa shape index (κ3) is 7.24. The number of fused-ring (bicyclic) bond motifs is 1. The molecule has 3 aliphatic heterocycles. The Morgan fingerprint density at radius 3 is 2.77 bits per heavy atom. The van der Waals surface area contributed by atoms with E-state index in [0.717, 1.165) is 92.7 Å². The van der Waals surface area contributed by atoms with Crippen LogP contribution in [-0.4, -0.2) is 77.8 Å². The summed E-state index contributed by atoms with van der Waals surface area (Å²) in [5, 5.41) is 3.44. The number of piperidine rings is 1. The van der Waals surface area contributed by atoms with Crippen molar-refractivity contribution in [1.29, 1.82) is 0 Å². The Kier molecular flexibility index (Phi) is 9.63. The molecule has 0 radical (unpaired) electrons. The Hall–Kier alpha value is -3.37. The minimum Gasteiger partial charge on any atom is -0.490 e. The second-order valence-electron chi connectivity index (χ2n) is 11.7. The molecule has 0 aromatic heterocycles. The fourth-order valence-electron chi connectivity index (χ4n) is 6.48. The molecule has 8 nitrogen and oxygen atoms in total. The Labute approximate surface area is 253 Å². The Morgan fingerprint density at radius 2 is 1.93 bits per heavy atom. The molecule has 3 aromatic rings. The molecule has 2 fully saturated rings. The molecule has 0 spiro atoms. The lowest BCUT2D eigenvalue weighted by Gasteiger charge is -2.37. The fourth-order valence-corrected chi connectivity index (χ4v) is 6.48. The number of halogens is 1. The van der Waals surface area contributed by atoms with E-state index in [-0.39, 0.29) is 30.0 Å². The molecule has 3 N–H and O–H groups in total. The Morgan fingerprint density at radius 1 is 1.05 bits per heavy atom. The molecule has 3 heterocycles. The van der Waals surface area contributed by atoms with Gasteiger partial charge in [-0.25, -0.2) is 4.39 Å². The van der Waals surface area contributed by atoms with Gasteiger partial charge in [0.25, 0.3) is 0 Å². The van der Waals surface area contributed by atoms with Crippen LogP contribution in [0, 0.1) is 5.82 Å². The summed E-state index contributed by atoms with van der Waals surface area (Å²) >= 11 is 0. The van der Waals surface area contributed by atoms with Crippen LogP contribution in [0.1, 0.15) is 29.9 Å². The second kappa shape index (κ2) is 13.9. The first-order valence-electron chi connectivity index (χ1n) is 15.4. The molecule has 4 atom stereocenters. The highest BCUT2D eigenvalue weighted by molar-refractivity contribution is 5.61. The monoisotopic (exact) mass is 590 g/mol. The summed E-state index contributed by atoms with van der Waals surface area (Å²) in [4.78, 5) is 4.54. The van der Waals surface area contributed by atoms with Gasteiger partial charge in [0.05, 0.1) is 31.5 Å². The predicted octanol–water partition coefficient (Wildman–Crippen LogP) is 4.32. The van der Waals surface area contributed by atoms with E-state index in [1.807, 2.05) is 18.2 Å². The van der Waals surface area contributed by atoms with Gasteiger partial charge < -0.3 is 39.8 Å². The predicted molar refractivity (Wildman–Crippen MR) is 167 cm³/mol. The van der Waals surface area contributed by atoms with Gasteiger partial charge >= 0.3 is 0 Å². The van der Waals surface area contributed by atoms with Gasteiger partial charge in [0.2, 0.25) is 0 Å². The first-order chi connectivity index (χ1) is 21.1. The molecule has 43 heavy (non-hydrogen) atoms. The number of ether oxygens (including phenoxy) is 4. The summed E-state index contributed by atoms with van der Waals surface area (Å²) in [6.07, 6.45) is 1.87. The van der Waals surface area contributed by atoms with E-state index in [2.05, 4.69) is 45.4 Å². The number of nitrogens with zero attached hydrogens (tertiary/aromatic N) is 2. The van der Waals surface area contributed by atoms with Crippen molar-refractivity contribution < 1.29 is 23.3 Å². The third-order valence-corrected chi connectivity index (χ3v) is 8.70. The molecule has 9 heteroatoms. The fraction of sp³-hybridized carbons (Fsp3) is 0.471. The van der Waals surface area contributed by atoms with Crippen molar-refractivity contribution in [2.75, 3.05) is 69.4 Å². The summed E-state index contributed by atoms with van der Waals surface area (Å²) in [6, 6.07) is 21.3. The third-order valence-electron chi connectivity index (χ3n) is 8.70. The highest BCUT2D eigenvalue weighted by Gasteiger charge is 2.33. The molecule has 0 saturated carbocycles. The van der Waals surface area contributed by atoms with Crippen LogP contribution in [0.2, 0.25) is 0 Å². The number of benzene rings is 3. The lowest BCUT2D eigenvalue weighted by atomic mass is 9.84. The SMILES string of the molecule is COCCCN1CCOc2ccc(CO[C@H]3CNC[C@H](N)C3c3ccc(O[C@H]4CCN(c5cccc(F)c5)C4)cc3)cc21. The highest BCUT2D eigenvalue weighted by Crippen LogP contribution is 2.34. The second-order valence-corrected chi connectivity index (χ2v) is 11.7. The Balaban J connectivity index is 1.07. The molecule has 0 bridgehead atoms. The number of hydrogen-bond donors (Lipinski definition) is 2. The van der Waals surface area contributed by atoms with Crippen LogP contribution in [0.3, 0.4) is 0 Å². The standard InChI is InChI=1S/C34H43FN4O4/c1-40-16-3-13-38-15-17-41-32-11-6-24(18-31(32)38)23-42-33-21-37-20-30(36)34(33)25-7-9-28(10-8-25)43-29-12-14-39(22-29)27-5-2-4-26(35)19-27/h2,4-11,18-19,29-30,33-34,37H,3,12-17,20-23,36H2,1H3/t29-,30-,33-,34?/m0/s1. The average Bonchev–Trinajstić information content (AvgIpc) is 3.49. The van der Waals surface area contributed by atoms with Crippen LogP contribution in [0.25, 0.3) is 0 Å². The van der Waals surface area contributed by atoms with Gasteiger partial charge in [-0.1, -0.05) is 24.3 Å². The summed E-state index contributed by atoms with van der Waals surface area (Å²) in [5.41, 5.74) is 10.9. The van der Waals surface area contributed by atoms with E-state index in [1.54, 1.807) is 19.2 Å². The molecule has 0 amide bonds. The molecule has 0 aliphatic carbocycles. The lowest BCUT2D eigenvalue weighted by molar-refractivity contribution is 0.00529. The van der Waals surface area contributed by atoms with Crippen molar-refractivity contribution in [2.24, 2.45) is 5.73 Å². The van der Waals surface area contributed by atoms with Gasteiger partial charge in [-0.05, 0) is 60.0 Å². The molecule has 2 saturated heterocycles. The zero-order chi connectivity index (χ0) is 29.6. The zero-order valence-electron chi connectivity index (χ0n) is 24.9. The number of nitrogens with one attached hydrogen (secondary N) is 1. The van der Waals surface area contributed by atoms with Crippen LogP contribution in [0.5, 0.6) is 11.5 Å². The largest absolute Gasteiger partial charge is 0.490 e. The van der Waals surface area contributed by atoms with Gasteiger partial charge in [-0.3, -0.25) is 0 Å². The first-order valence-corrected chi connectivity index (χ1v) is 15.4. The van der Waals surface area contributed by atoms with E-state index >= 15 is 0 Å². The molecule has 230 valence electrons. The minimum absolute atomic E-state index is 0.0595. The van der Waals surface area contributed by atoms with Gasteiger partial charge in [0, 0.05) is 64.0 Å². The Bertz CT molecular complexity index is 1340. The minimum atomic E-state index is -0.214. The number of rotatable bonds is 11. The lowest BCUT2D eigenvalue weighted by Crippen LogP contribution is -2.53. The van der Waals surface area contributed by atoms with Gasteiger partial charge in [0.1, 0.15) is 30.0 Å². The molecule has 6 rings (SSSR count). The van der Waals surface area contributed by atoms with E-state index in [4.69, 9.17) is 24.7 Å². The summed E-state index contributed by atoms with van der Waals surface area (Å²) in [5.74, 6) is 1.61. The maximum absolute atomic E-state index is 13.7. The molecular weight excluding hydrogens is 547 g/mol. The van der Waals surface area contributed by atoms with Gasteiger partial charge in [-0.2, -0.15) is 0 Å². The van der Waals surface area contributed by atoms with Crippen molar-refractivity contribution in [2.45, 2.75) is 43.6 Å². The molecule has 1 unspecified atom stereocenters. The molecule has 3 aromatic carbocycles. The maximum Gasteiger partial charge on any atom is 0.142 e. The summed E-state index contributed by atoms with van der Waals surface area (Å²) in [7, 11) is 1.74. The maximum atomic E-state index is 13.7. The van der Waals surface area contributed by atoms with Crippen LogP contribution in [0.15, 0.2) is 66.7 Å². The molecule has 3 aliphatic rings. The smallest absolute Gasteiger partial charge is 0.142 e. The number of methoxy groups -OCH3 is 1. The van der Waals surface area contributed by atoms with Crippen molar-refractivity contribution in [3.63, 3.8) is 0 Å². The number of nitrogens with two attached hydrogens (primary N) is 1. The number of anilines is 2. The summed E-state index contributed by atoms with van der Waals surface area (Å²) < 4.78 is 37.7. The number of hydrogen-bond acceptors (Lipinski definition) is 8. The van der Waals surface area contributed by atoms with Crippen molar-refractivity contribution in [3.8, 4) is 11.5 Å². The van der Waals surface area contributed by atoms with Crippen LogP contribution >= 0.6 is 0 Å².